The Hall–Kier alpha value is -3.09. The van der Waals surface area contributed by atoms with Gasteiger partial charge >= 0.3 is 0 Å². The van der Waals surface area contributed by atoms with Crippen LogP contribution in [0.4, 0.5) is 5.69 Å². The predicted molar refractivity (Wildman–Crippen MR) is 92.8 cm³/mol. The average molecular weight is 334 g/mol. The van der Waals surface area contributed by atoms with E-state index >= 15 is 0 Å². The molecular weight excluding hydrogens is 316 g/mol. The lowest BCUT2D eigenvalue weighted by Gasteiger charge is -2.24. The topological polar surface area (TPSA) is 85.6 Å². The minimum atomic E-state index is -0.257. The summed E-state index contributed by atoms with van der Waals surface area (Å²) in [6.07, 6.45) is 10.6. The number of aromatic nitrogens is 5. The summed E-state index contributed by atoms with van der Waals surface area (Å²) >= 11 is 0. The van der Waals surface area contributed by atoms with Gasteiger partial charge in [0.2, 0.25) is 0 Å². The first kappa shape index (κ1) is 15.4. The van der Waals surface area contributed by atoms with Crippen LogP contribution in [0.3, 0.4) is 0 Å². The van der Waals surface area contributed by atoms with Crippen molar-refractivity contribution in [2.45, 2.75) is 25.8 Å². The van der Waals surface area contributed by atoms with E-state index < -0.39 is 0 Å². The Kier molecular flexibility index (Phi) is 4.20. The molecule has 0 bridgehead atoms. The number of nitrogens with one attached hydrogen (secondary N) is 1. The number of hydrogen-bond donors (Lipinski definition) is 1. The average Bonchev–Trinajstić information content (AvgIpc) is 3.06. The zero-order valence-electron chi connectivity index (χ0n) is 13.7. The fraction of sp³-hybridized carbons (Fsp3) is 0.278. The Morgan fingerprint density at radius 2 is 2.12 bits per heavy atom. The SMILES string of the molecule is O=C(Nc1cnn(CC2CCC2)c1)c1cccc(-c2ccnnc2)n1. The minimum absolute atomic E-state index is 0.257. The van der Waals surface area contributed by atoms with Gasteiger partial charge in [-0.2, -0.15) is 15.3 Å². The highest BCUT2D eigenvalue weighted by atomic mass is 16.1. The molecule has 25 heavy (non-hydrogen) atoms. The predicted octanol–water partition coefficient (Wildman–Crippen LogP) is 2.79. The van der Waals surface area contributed by atoms with Crippen LogP contribution in [0, 0.1) is 5.92 Å². The molecule has 0 atom stereocenters. The molecule has 1 fully saturated rings. The van der Waals surface area contributed by atoms with Crippen LogP contribution in [0.25, 0.3) is 11.3 Å². The Morgan fingerprint density at radius 1 is 1.20 bits per heavy atom. The zero-order chi connectivity index (χ0) is 17.1. The molecule has 0 saturated heterocycles. The number of hydrogen-bond acceptors (Lipinski definition) is 5. The highest BCUT2D eigenvalue weighted by molar-refractivity contribution is 6.03. The van der Waals surface area contributed by atoms with Crippen LogP contribution in [0.15, 0.2) is 49.1 Å². The smallest absolute Gasteiger partial charge is 0.274 e. The fourth-order valence-electron chi connectivity index (χ4n) is 2.83. The quantitative estimate of drug-likeness (QED) is 0.775. The zero-order valence-corrected chi connectivity index (χ0v) is 13.7. The van der Waals surface area contributed by atoms with Crippen LogP contribution in [0.5, 0.6) is 0 Å². The molecule has 1 amide bonds. The molecule has 1 aliphatic carbocycles. The van der Waals surface area contributed by atoms with E-state index in [2.05, 4.69) is 25.6 Å². The molecule has 126 valence electrons. The first-order valence-electron chi connectivity index (χ1n) is 8.36. The van der Waals surface area contributed by atoms with E-state index in [9.17, 15) is 4.79 Å². The van der Waals surface area contributed by atoms with Crippen LogP contribution in [0.2, 0.25) is 0 Å². The highest BCUT2D eigenvalue weighted by Gasteiger charge is 2.18. The van der Waals surface area contributed by atoms with Gasteiger partial charge in [-0.3, -0.25) is 9.48 Å². The van der Waals surface area contributed by atoms with Gasteiger partial charge in [0.1, 0.15) is 5.69 Å². The molecule has 1 aliphatic rings. The van der Waals surface area contributed by atoms with Gasteiger partial charge in [0, 0.05) is 18.3 Å². The number of carbonyl (C=O) groups is 1. The molecule has 0 unspecified atom stereocenters. The van der Waals surface area contributed by atoms with Gasteiger partial charge in [-0.25, -0.2) is 4.98 Å². The third kappa shape index (κ3) is 3.55. The monoisotopic (exact) mass is 334 g/mol. The van der Waals surface area contributed by atoms with Crippen molar-refractivity contribution in [2.24, 2.45) is 5.92 Å². The largest absolute Gasteiger partial charge is 0.318 e. The third-order valence-corrected chi connectivity index (χ3v) is 4.42. The molecule has 3 heterocycles. The van der Waals surface area contributed by atoms with Crippen LogP contribution in [0.1, 0.15) is 29.8 Å². The summed E-state index contributed by atoms with van der Waals surface area (Å²) < 4.78 is 1.89. The molecule has 3 aromatic rings. The molecule has 1 N–H and O–H groups in total. The van der Waals surface area contributed by atoms with Gasteiger partial charge in [-0.05, 0) is 37.0 Å². The van der Waals surface area contributed by atoms with Gasteiger partial charge in [0.15, 0.2) is 0 Å². The second-order valence-electron chi connectivity index (χ2n) is 6.24. The normalized spacial score (nSPS) is 14.1. The van der Waals surface area contributed by atoms with Crippen molar-refractivity contribution in [3.05, 3.63) is 54.7 Å². The number of anilines is 1. The molecule has 0 aromatic carbocycles. The lowest BCUT2D eigenvalue weighted by molar-refractivity contribution is 0.102. The van der Waals surface area contributed by atoms with E-state index in [0.29, 0.717) is 17.1 Å². The van der Waals surface area contributed by atoms with Crippen molar-refractivity contribution in [2.75, 3.05) is 5.32 Å². The van der Waals surface area contributed by atoms with Crippen LogP contribution in [-0.4, -0.2) is 30.9 Å². The molecule has 7 heteroatoms. The van der Waals surface area contributed by atoms with E-state index in [-0.39, 0.29) is 5.91 Å². The number of rotatable bonds is 5. The van der Waals surface area contributed by atoms with Crippen molar-refractivity contribution in [1.29, 1.82) is 0 Å². The Bertz CT molecular complexity index is 872. The van der Waals surface area contributed by atoms with Crippen molar-refractivity contribution in [3.8, 4) is 11.3 Å². The van der Waals surface area contributed by atoms with Crippen molar-refractivity contribution >= 4 is 11.6 Å². The van der Waals surface area contributed by atoms with Gasteiger partial charge in [0.25, 0.3) is 5.91 Å². The molecule has 4 rings (SSSR count). The summed E-state index contributed by atoms with van der Waals surface area (Å²) in [6.45, 7) is 0.915. The van der Waals surface area contributed by atoms with Crippen molar-refractivity contribution in [1.82, 2.24) is 25.0 Å². The number of amides is 1. The van der Waals surface area contributed by atoms with Crippen LogP contribution >= 0.6 is 0 Å². The van der Waals surface area contributed by atoms with Gasteiger partial charge in [0.05, 0.1) is 30.0 Å². The van der Waals surface area contributed by atoms with E-state index in [1.54, 1.807) is 30.7 Å². The molecule has 7 nitrogen and oxygen atoms in total. The summed E-state index contributed by atoms with van der Waals surface area (Å²) in [5, 5.41) is 14.8. The maximum absolute atomic E-state index is 12.5. The van der Waals surface area contributed by atoms with E-state index in [1.807, 2.05) is 23.0 Å². The number of carbonyl (C=O) groups excluding carboxylic acids is 1. The molecule has 0 radical (unpaired) electrons. The van der Waals surface area contributed by atoms with Crippen molar-refractivity contribution in [3.63, 3.8) is 0 Å². The Balaban J connectivity index is 1.46. The van der Waals surface area contributed by atoms with Crippen LogP contribution in [-0.2, 0) is 6.54 Å². The lowest BCUT2D eigenvalue weighted by atomic mass is 9.85. The molecule has 3 aromatic heterocycles. The first-order chi connectivity index (χ1) is 12.3. The summed E-state index contributed by atoms with van der Waals surface area (Å²) in [5.74, 6) is 0.461. The molecule has 1 saturated carbocycles. The summed E-state index contributed by atoms with van der Waals surface area (Å²) in [7, 11) is 0. The third-order valence-electron chi connectivity index (χ3n) is 4.42. The first-order valence-corrected chi connectivity index (χ1v) is 8.36. The Labute approximate surface area is 145 Å². The van der Waals surface area contributed by atoms with Gasteiger partial charge in [-0.1, -0.05) is 12.5 Å². The van der Waals surface area contributed by atoms with Gasteiger partial charge < -0.3 is 5.32 Å². The van der Waals surface area contributed by atoms with Crippen LogP contribution < -0.4 is 5.32 Å². The van der Waals surface area contributed by atoms with E-state index in [1.165, 1.54) is 19.3 Å². The molecule has 0 spiro atoms. The van der Waals surface area contributed by atoms with Crippen molar-refractivity contribution < 1.29 is 4.79 Å². The summed E-state index contributed by atoms with van der Waals surface area (Å²) in [6, 6.07) is 7.13. The molecule has 0 aliphatic heterocycles. The van der Waals surface area contributed by atoms with E-state index in [4.69, 9.17) is 0 Å². The maximum Gasteiger partial charge on any atom is 0.274 e. The Morgan fingerprint density at radius 3 is 2.88 bits per heavy atom. The fourth-order valence-corrected chi connectivity index (χ4v) is 2.83. The lowest BCUT2D eigenvalue weighted by Crippen LogP contribution is -2.18. The second kappa shape index (κ2) is 6.80. The molecular formula is C18H18N6O. The highest BCUT2D eigenvalue weighted by Crippen LogP contribution is 2.27. The number of pyridine rings is 1. The summed E-state index contributed by atoms with van der Waals surface area (Å²) in [5.41, 5.74) is 2.53. The minimum Gasteiger partial charge on any atom is -0.318 e. The standard InChI is InChI=1S/C18H18N6O/c25-18(22-15-10-21-24(12-15)11-13-3-1-4-13)17-6-2-5-16(23-17)14-7-8-19-20-9-14/h2,5-10,12-13H,1,3-4,11H2,(H,22,25). The maximum atomic E-state index is 12.5. The van der Waals surface area contributed by atoms with E-state index in [0.717, 1.165) is 18.0 Å². The van der Waals surface area contributed by atoms with Gasteiger partial charge in [-0.15, -0.1) is 0 Å². The second-order valence-corrected chi connectivity index (χ2v) is 6.24. The summed E-state index contributed by atoms with van der Waals surface area (Å²) in [4.78, 5) is 16.9. The number of nitrogens with zero attached hydrogens (tertiary/aromatic N) is 5.